The van der Waals surface area contributed by atoms with Gasteiger partial charge in [-0.15, -0.1) is 13.2 Å². The van der Waals surface area contributed by atoms with E-state index in [1.165, 1.54) is 30.8 Å². The third-order valence-electron chi connectivity index (χ3n) is 3.89. The molecule has 0 aliphatic rings. The molecule has 0 saturated carbocycles. The highest BCUT2D eigenvalue weighted by Gasteiger charge is 2.34. The minimum Gasteiger partial charge on any atom is -0.403 e. The molecule has 0 amide bonds. The van der Waals surface area contributed by atoms with Crippen molar-refractivity contribution in [2.24, 2.45) is 0 Å². The second kappa shape index (κ2) is 6.89. The topological polar surface area (TPSA) is 84.6 Å². The Morgan fingerprint density at radius 3 is 2.57 bits per heavy atom. The van der Waals surface area contributed by atoms with Crippen LogP contribution in [0.4, 0.5) is 23.4 Å². The van der Waals surface area contributed by atoms with Crippen LogP contribution in [0.3, 0.4) is 0 Å². The summed E-state index contributed by atoms with van der Waals surface area (Å²) in [6.45, 7) is 4.65. The standard InChI is InChI=1S/C17H17F4N5O2/c1-9-6-13(26-15(24-9)22-8-23-26)25-14(16(2,3)27)10-4-5-11(18)12(7-10)28-17(19,20)21/h4-8,14,25,27H,1-3H3/t14-/m1/s1. The maximum atomic E-state index is 13.8. The van der Waals surface area contributed by atoms with Gasteiger partial charge in [0.15, 0.2) is 11.6 Å². The molecule has 3 rings (SSSR count). The van der Waals surface area contributed by atoms with Crippen LogP contribution in [-0.2, 0) is 0 Å². The van der Waals surface area contributed by atoms with Crippen LogP contribution < -0.4 is 10.1 Å². The summed E-state index contributed by atoms with van der Waals surface area (Å²) >= 11 is 0. The zero-order valence-corrected chi connectivity index (χ0v) is 15.1. The monoisotopic (exact) mass is 399 g/mol. The zero-order valence-electron chi connectivity index (χ0n) is 15.1. The summed E-state index contributed by atoms with van der Waals surface area (Å²) in [5, 5.41) is 17.7. The van der Waals surface area contributed by atoms with Crippen molar-refractivity contribution in [3.05, 3.63) is 47.7 Å². The number of anilines is 1. The van der Waals surface area contributed by atoms with Gasteiger partial charge in [-0.2, -0.15) is 14.6 Å². The van der Waals surface area contributed by atoms with E-state index in [-0.39, 0.29) is 5.56 Å². The quantitative estimate of drug-likeness (QED) is 0.640. The maximum Gasteiger partial charge on any atom is 0.573 e. The predicted molar refractivity (Wildman–Crippen MR) is 91.3 cm³/mol. The second-order valence-corrected chi connectivity index (χ2v) is 6.72. The number of fused-ring (bicyclic) bond motifs is 1. The molecule has 1 atom stereocenters. The summed E-state index contributed by atoms with van der Waals surface area (Å²) in [7, 11) is 0. The van der Waals surface area contributed by atoms with Gasteiger partial charge in [-0.3, -0.25) is 0 Å². The average Bonchev–Trinajstić information content (AvgIpc) is 3.00. The van der Waals surface area contributed by atoms with Crippen molar-refractivity contribution in [2.75, 3.05) is 5.32 Å². The minimum absolute atomic E-state index is 0.177. The van der Waals surface area contributed by atoms with Crippen LogP contribution in [0.5, 0.6) is 5.75 Å². The fraction of sp³-hybridized carbons (Fsp3) is 0.353. The molecule has 3 aromatic rings. The number of nitrogens with one attached hydrogen (secondary N) is 1. The SMILES string of the molecule is Cc1cc(N[C@H](c2ccc(F)c(OC(F)(F)F)c2)C(C)(C)O)n2ncnc2n1. The van der Waals surface area contributed by atoms with E-state index in [9.17, 15) is 22.7 Å². The van der Waals surface area contributed by atoms with Gasteiger partial charge < -0.3 is 15.2 Å². The third-order valence-corrected chi connectivity index (χ3v) is 3.89. The Kier molecular flexibility index (Phi) is 4.88. The summed E-state index contributed by atoms with van der Waals surface area (Å²) in [5.41, 5.74) is -0.661. The molecule has 0 bridgehead atoms. The molecule has 2 N–H and O–H groups in total. The predicted octanol–water partition coefficient (Wildman–Crippen LogP) is 3.39. The fourth-order valence-electron chi connectivity index (χ4n) is 2.75. The Balaban J connectivity index is 2.04. The van der Waals surface area contributed by atoms with Gasteiger partial charge in [0.1, 0.15) is 12.1 Å². The molecule has 7 nitrogen and oxygen atoms in total. The highest BCUT2D eigenvalue weighted by atomic mass is 19.4. The summed E-state index contributed by atoms with van der Waals surface area (Å²) in [4.78, 5) is 8.19. The first-order chi connectivity index (χ1) is 12.9. The molecule has 0 unspecified atom stereocenters. The summed E-state index contributed by atoms with van der Waals surface area (Å²) in [5.74, 6) is -1.46. The van der Waals surface area contributed by atoms with Crippen molar-refractivity contribution in [3.8, 4) is 5.75 Å². The number of nitrogens with zero attached hydrogens (tertiary/aromatic N) is 4. The summed E-state index contributed by atoms with van der Waals surface area (Å²) in [6, 6.07) is 3.71. The van der Waals surface area contributed by atoms with Gasteiger partial charge in [0, 0.05) is 11.8 Å². The van der Waals surface area contributed by atoms with Crippen molar-refractivity contribution < 1.29 is 27.4 Å². The molecule has 1 aromatic carbocycles. The lowest BCUT2D eigenvalue weighted by molar-refractivity contribution is -0.275. The number of hydrogen-bond donors (Lipinski definition) is 2. The van der Waals surface area contributed by atoms with E-state index in [1.54, 1.807) is 13.0 Å². The van der Waals surface area contributed by atoms with Gasteiger partial charge in [0.25, 0.3) is 5.78 Å². The molecule has 150 valence electrons. The van der Waals surface area contributed by atoms with Crippen LogP contribution in [0.1, 0.15) is 31.1 Å². The summed E-state index contributed by atoms with van der Waals surface area (Å²) < 4.78 is 56.5. The van der Waals surface area contributed by atoms with Crippen molar-refractivity contribution in [1.29, 1.82) is 0 Å². The number of benzene rings is 1. The lowest BCUT2D eigenvalue weighted by atomic mass is 9.91. The van der Waals surface area contributed by atoms with Crippen molar-refractivity contribution in [1.82, 2.24) is 19.6 Å². The van der Waals surface area contributed by atoms with Gasteiger partial charge in [-0.1, -0.05) is 6.07 Å². The second-order valence-electron chi connectivity index (χ2n) is 6.72. The van der Waals surface area contributed by atoms with Gasteiger partial charge in [-0.05, 0) is 38.5 Å². The number of aromatic nitrogens is 4. The lowest BCUT2D eigenvalue weighted by Crippen LogP contribution is -2.35. The molecule has 2 heterocycles. The van der Waals surface area contributed by atoms with E-state index >= 15 is 0 Å². The fourth-order valence-corrected chi connectivity index (χ4v) is 2.75. The molecule has 0 radical (unpaired) electrons. The van der Waals surface area contributed by atoms with E-state index in [1.807, 2.05) is 0 Å². The van der Waals surface area contributed by atoms with E-state index in [4.69, 9.17) is 0 Å². The van der Waals surface area contributed by atoms with Gasteiger partial charge >= 0.3 is 6.36 Å². The van der Waals surface area contributed by atoms with E-state index < -0.39 is 29.6 Å². The average molecular weight is 399 g/mol. The maximum absolute atomic E-state index is 13.8. The molecule has 11 heteroatoms. The van der Waals surface area contributed by atoms with Gasteiger partial charge in [0.05, 0.1) is 11.6 Å². The Labute approximate surface area is 157 Å². The first kappa shape index (κ1) is 19.8. The number of halogens is 4. The van der Waals surface area contributed by atoms with Gasteiger partial charge in [-0.25, -0.2) is 9.37 Å². The van der Waals surface area contributed by atoms with Crippen LogP contribution in [0.2, 0.25) is 0 Å². The smallest absolute Gasteiger partial charge is 0.403 e. The molecule has 0 saturated heterocycles. The first-order valence-corrected chi connectivity index (χ1v) is 8.15. The van der Waals surface area contributed by atoms with Crippen LogP contribution >= 0.6 is 0 Å². The number of aliphatic hydroxyl groups is 1. The zero-order chi connectivity index (χ0) is 20.7. The van der Waals surface area contributed by atoms with E-state index in [0.29, 0.717) is 17.3 Å². The van der Waals surface area contributed by atoms with Crippen molar-refractivity contribution in [3.63, 3.8) is 0 Å². The van der Waals surface area contributed by atoms with Crippen LogP contribution in [0, 0.1) is 12.7 Å². The molecule has 28 heavy (non-hydrogen) atoms. The molecule has 2 aromatic heterocycles. The highest BCUT2D eigenvalue weighted by Crippen LogP contribution is 2.34. The number of alkyl halides is 3. The number of aryl methyl sites for hydroxylation is 1. The third kappa shape index (κ3) is 4.30. The highest BCUT2D eigenvalue weighted by molar-refractivity contribution is 5.48. The Hall–Kier alpha value is -2.95. The Morgan fingerprint density at radius 1 is 1.21 bits per heavy atom. The minimum atomic E-state index is -5.05. The molecule has 0 aliphatic carbocycles. The Morgan fingerprint density at radius 2 is 1.93 bits per heavy atom. The lowest BCUT2D eigenvalue weighted by Gasteiger charge is -2.31. The largest absolute Gasteiger partial charge is 0.573 e. The number of hydrogen-bond acceptors (Lipinski definition) is 6. The van der Waals surface area contributed by atoms with Crippen molar-refractivity contribution >= 4 is 11.6 Å². The van der Waals surface area contributed by atoms with E-state index in [0.717, 1.165) is 12.1 Å². The summed E-state index contributed by atoms with van der Waals surface area (Å²) in [6.07, 6.45) is -3.76. The molecule has 0 spiro atoms. The first-order valence-electron chi connectivity index (χ1n) is 8.15. The Bertz CT molecular complexity index is 997. The van der Waals surface area contributed by atoms with Gasteiger partial charge in [0.2, 0.25) is 0 Å². The number of ether oxygens (including phenoxy) is 1. The van der Waals surface area contributed by atoms with E-state index in [2.05, 4.69) is 25.1 Å². The van der Waals surface area contributed by atoms with Crippen LogP contribution in [0.25, 0.3) is 5.78 Å². The number of rotatable bonds is 5. The molecule has 0 aliphatic heterocycles. The normalized spacial score (nSPS) is 13.6. The van der Waals surface area contributed by atoms with Crippen LogP contribution in [0.15, 0.2) is 30.6 Å². The van der Waals surface area contributed by atoms with Crippen LogP contribution in [-0.4, -0.2) is 36.7 Å². The molecule has 0 fully saturated rings. The molecular formula is C17H17F4N5O2. The molecular weight excluding hydrogens is 382 g/mol. The van der Waals surface area contributed by atoms with Crippen molar-refractivity contribution in [2.45, 2.75) is 38.8 Å².